The molecule has 0 saturated heterocycles. The van der Waals surface area contributed by atoms with E-state index in [1.165, 1.54) is 0 Å². The first-order valence-corrected chi connectivity index (χ1v) is 3.14. The molecule has 0 saturated carbocycles. The van der Waals surface area contributed by atoms with Gasteiger partial charge in [0, 0.05) is 4.92 Å². The lowest BCUT2D eigenvalue weighted by molar-refractivity contribution is -0.493. The van der Waals surface area contributed by atoms with Crippen LogP contribution in [0.15, 0.2) is 0 Å². The Morgan fingerprint density at radius 2 is 2.00 bits per heavy atom. The molecule has 0 aliphatic carbocycles. The van der Waals surface area contributed by atoms with E-state index in [1.54, 1.807) is 20.8 Å². The molecule has 0 bridgehead atoms. The first kappa shape index (κ1) is 9.36. The van der Waals surface area contributed by atoms with Crippen LogP contribution in [0.2, 0.25) is 0 Å². The summed E-state index contributed by atoms with van der Waals surface area (Å²) in [5.74, 6) is 0. The molecule has 0 rings (SSSR count). The molecule has 60 valence electrons. The Labute approximate surface area is 60.0 Å². The van der Waals surface area contributed by atoms with Gasteiger partial charge in [-0.3, -0.25) is 10.1 Å². The van der Waals surface area contributed by atoms with Crippen LogP contribution in [-0.4, -0.2) is 22.7 Å². The third-order valence-electron chi connectivity index (χ3n) is 1.32. The monoisotopic (exact) mass is 147 g/mol. The summed E-state index contributed by atoms with van der Waals surface area (Å²) in [4.78, 5) is 9.40. The predicted molar refractivity (Wildman–Crippen MR) is 37.3 cm³/mol. The first-order valence-electron chi connectivity index (χ1n) is 3.14. The summed E-state index contributed by atoms with van der Waals surface area (Å²) < 4.78 is 0. The molecule has 0 amide bonds. The molecule has 0 spiro atoms. The van der Waals surface area contributed by atoms with Gasteiger partial charge < -0.3 is 5.11 Å². The molecule has 4 nitrogen and oxygen atoms in total. The van der Waals surface area contributed by atoms with Crippen LogP contribution in [0.1, 0.15) is 20.8 Å². The maximum absolute atomic E-state index is 9.90. The van der Waals surface area contributed by atoms with Crippen molar-refractivity contribution in [2.24, 2.45) is 5.41 Å². The van der Waals surface area contributed by atoms with Crippen molar-refractivity contribution in [3.63, 3.8) is 0 Å². The highest BCUT2D eigenvalue weighted by atomic mass is 16.6. The van der Waals surface area contributed by atoms with Gasteiger partial charge in [0.25, 0.3) is 0 Å². The van der Waals surface area contributed by atoms with Crippen LogP contribution in [0.5, 0.6) is 0 Å². The van der Waals surface area contributed by atoms with Crippen LogP contribution in [0.3, 0.4) is 0 Å². The van der Waals surface area contributed by atoms with Gasteiger partial charge in [0.1, 0.15) is 6.10 Å². The van der Waals surface area contributed by atoms with Crippen LogP contribution in [0.25, 0.3) is 0 Å². The van der Waals surface area contributed by atoms with Crippen molar-refractivity contribution in [3.05, 3.63) is 10.1 Å². The highest BCUT2D eigenvalue weighted by Crippen LogP contribution is 2.18. The Morgan fingerprint density at radius 3 is 2.10 bits per heavy atom. The normalized spacial score (nSPS) is 14.8. The van der Waals surface area contributed by atoms with E-state index in [-0.39, 0.29) is 6.54 Å². The van der Waals surface area contributed by atoms with E-state index < -0.39 is 16.4 Å². The number of hydrogen-bond acceptors (Lipinski definition) is 3. The quantitative estimate of drug-likeness (QED) is 0.461. The number of nitro groups is 1. The Morgan fingerprint density at radius 1 is 1.60 bits per heavy atom. The molecule has 1 atom stereocenters. The smallest absolute Gasteiger partial charge is 0.229 e. The molecule has 4 heteroatoms. The molecule has 10 heavy (non-hydrogen) atoms. The van der Waals surface area contributed by atoms with E-state index in [9.17, 15) is 10.1 Å². The fourth-order valence-electron chi connectivity index (χ4n) is 0.415. The standard InChI is InChI=1S/C6H13NO3/c1-6(2,3)5(8)4-7(9)10/h5,8H,4H2,1-3H3/t5-/m0/s1. The topological polar surface area (TPSA) is 63.4 Å². The van der Waals surface area contributed by atoms with Gasteiger partial charge in [-0.15, -0.1) is 0 Å². The minimum atomic E-state index is -0.859. The Balaban J connectivity index is 3.85. The SMILES string of the molecule is CC(C)(C)[C@@H](O)C[N+](=O)[O-]. The van der Waals surface area contributed by atoms with Crippen LogP contribution >= 0.6 is 0 Å². The molecule has 0 unspecified atom stereocenters. The van der Waals surface area contributed by atoms with Gasteiger partial charge in [-0.2, -0.15) is 0 Å². The van der Waals surface area contributed by atoms with Gasteiger partial charge >= 0.3 is 0 Å². The molecule has 0 aliphatic rings. The zero-order chi connectivity index (χ0) is 8.36. The molecule has 0 aromatic rings. The predicted octanol–water partition coefficient (Wildman–Crippen LogP) is 0.670. The second-order valence-electron chi connectivity index (χ2n) is 3.40. The lowest BCUT2D eigenvalue weighted by atomic mass is 9.89. The molecule has 0 aliphatic heterocycles. The van der Waals surface area contributed by atoms with Gasteiger partial charge in [-0.05, 0) is 5.41 Å². The van der Waals surface area contributed by atoms with E-state index >= 15 is 0 Å². The highest BCUT2D eigenvalue weighted by molar-refractivity contribution is 4.71. The first-order chi connectivity index (χ1) is 4.34. The van der Waals surface area contributed by atoms with Crippen molar-refractivity contribution in [3.8, 4) is 0 Å². The number of rotatable bonds is 2. The van der Waals surface area contributed by atoms with Gasteiger partial charge in [0.05, 0.1) is 0 Å². The summed E-state index contributed by atoms with van der Waals surface area (Å²) in [7, 11) is 0. The van der Waals surface area contributed by atoms with Crippen LogP contribution in [0, 0.1) is 15.5 Å². The minimum Gasteiger partial charge on any atom is -0.386 e. The van der Waals surface area contributed by atoms with E-state index in [1.807, 2.05) is 0 Å². The van der Waals surface area contributed by atoms with E-state index in [0.29, 0.717) is 0 Å². The fraction of sp³-hybridized carbons (Fsp3) is 1.00. The average molecular weight is 147 g/mol. The number of aliphatic hydroxyl groups excluding tert-OH is 1. The lowest BCUT2D eigenvalue weighted by Crippen LogP contribution is -2.32. The van der Waals surface area contributed by atoms with Crippen LogP contribution in [-0.2, 0) is 0 Å². The summed E-state index contributed by atoms with van der Waals surface area (Å²) in [6, 6.07) is 0. The van der Waals surface area contributed by atoms with Gasteiger partial charge in [-0.25, -0.2) is 0 Å². The molecule has 0 fully saturated rings. The van der Waals surface area contributed by atoms with Crippen LogP contribution < -0.4 is 0 Å². The third-order valence-corrected chi connectivity index (χ3v) is 1.32. The molecule has 0 aromatic carbocycles. The maximum Gasteiger partial charge on any atom is 0.229 e. The van der Waals surface area contributed by atoms with Crippen molar-refractivity contribution in [2.45, 2.75) is 26.9 Å². The Kier molecular flexibility index (Phi) is 2.77. The summed E-state index contributed by atoms with van der Waals surface area (Å²) in [6.07, 6.45) is -0.859. The molecule has 0 heterocycles. The van der Waals surface area contributed by atoms with E-state index in [0.717, 1.165) is 0 Å². The van der Waals surface area contributed by atoms with Gasteiger partial charge in [0.2, 0.25) is 6.54 Å². The van der Waals surface area contributed by atoms with Crippen LogP contribution in [0.4, 0.5) is 0 Å². The Hall–Kier alpha value is -0.640. The number of aliphatic hydroxyl groups is 1. The van der Waals surface area contributed by atoms with Gasteiger partial charge in [0.15, 0.2) is 0 Å². The van der Waals surface area contributed by atoms with E-state index in [4.69, 9.17) is 5.11 Å². The maximum atomic E-state index is 9.90. The van der Waals surface area contributed by atoms with Crippen molar-refractivity contribution in [1.82, 2.24) is 0 Å². The van der Waals surface area contributed by atoms with Crippen molar-refractivity contribution in [2.75, 3.05) is 6.54 Å². The molecule has 0 radical (unpaired) electrons. The van der Waals surface area contributed by atoms with Crippen molar-refractivity contribution >= 4 is 0 Å². The number of nitrogens with zero attached hydrogens (tertiary/aromatic N) is 1. The van der Waals surface area contributed by atoms with Gasteiger partial charge in [-0.1, -0.05) is 20.8 Å². The number of hydrogen-bond donors (Lipinski definition) is 1. The highest BCUT2D eigenvalue weighted by Gasteiger charge is 2.26. The van der Waals surface area contributed by atoms with E-state index in [2.05, 4.69) is 0 Å². The summed E-state index contributed by atoms with van der Waals surface area (Å²) >= 11 is 0. The summed E-state index contributed by atoms with van der Waals surface area (Å²) in [5, 5.41) is 19.0. The molecular weight excluding hydrogens is 134 g/mol. The zero-order valence-electron chi connectivity index (χ0n) is 6.50. The Bertz CT molecular complexity index is 127. The summed E-state index contributed by atoms with van der Waals surface area (Å²) in [5.41, 5.74) is -0.396. The van der Waals surface area contributed by atoms with Crippen molar-refractivity contribution < 1.29 is 10.0 Å². The largest absolute Gasteiger partial charge is 0.386 e. The zero-order valence-corrected chi connectivity index (χ0v) is 6.50. The molecule has 0 aromatic heterocycles. The molecule has 1 N–H and O–H groups in total. The fourth-order valence-corrected chi connectivity index (χ4v) is 0.415. The minimum absolute atomic E-state index is 0.372. The second kappa shape index (κ2) is 2.96. The second-order valence-corrected chi connectivity index (χ2v) is 3.40. The summed E-state index contributed by atoms with van der Waals surface area (Å²) in [6.45, 7) is 4.92. The third kappa shape index (κ3) is 3.40. The lowest BCUT2D eigenvalue weighted by Gasteiger charge is -2.21. The van der Waals surface area contributed by atoms with Crippen molar-refractivity contribution in [1.29, 1.82) is 0 Å². The average Bonchev–Trinajstić information content (AvgIpc) is 1.60. The molecular formula is C6H13NO3.